The predicted molar refractivity (Wildman–Crippen MR) is 389 cm³/mol. The zero-order chi connectivity index (χ0) is 89.5. The third-order valence-corrected chi connectivity index (χ3v) is 14.3. The summed E-state index contributed by atoms with van der Waals surface area (Å²) in [5.41, 5.74) is 5.15. The molecular formula is C81H78F3Ir2N7O7S-4. The molecule has 0 aliphatic heterocycles. The van der Waals surface area contributed by atoms with Crippen LogP contribution in [0.5, 0.6) is 0 Å². The van der Waals surface area contributed by atoms with Gasteiger partial charge in [-0.3, -0.25) is 9.54 Å². The number of hydrogen-bond acceptors (Lipinski definition) is 13. The number of aryl methyl sites for hydroxylation is 7. The van der Waals surface area contributed by atoms with Crippen molar-refractivity contribution >= 4 is 54.3 Å². The van der Waals surface area contributed by atoms with Crippen molar-refractivity contribution in [2.24, 2.45) is 0 Å². The molecule has 0 aliphatic carbocycles. The van der Waals surface area contributed by atoms with Gasteiger partial charge in [0.05, 0.1) is 11.3 Å². The van der Waals surface area contributed by atoms with Gasteiger partial charge in [-0.2, -0.15) is 21.6 Å². The third kappa shape index (κ3) is 22.6. The van der Waals surface area contributed by atoms with Gasteiger partial charge in [0.2, 0.25) is 11.4 Å². The molecule has 528 valence electrons. The van der Waals surface area contributed by atoms with Crippen molar-refractivity contribution < 1.29 is 114 Å². The summed E-state index contributed by atoms with van der Waals surface area (Å²) in [5, 5.41) is 16.6. The molecule has 0 saturated carbocycles. The van der Waals surface area contributed by atoms with E-state index < -0.39 is 68.5 Å². The molecule has 0 amide bonds. The molecule has 0 fully saturated rings. The summed E-state index contributed by atoms with van der Waals surface area (Å²) in [6, 6.07) is 64.2. The molecule has 0 spiro atoms. The summed E-state index contributed by atoms with van der Waals surface area (Å²) in [4.78, 5) is 29.7. The number of para-hydroxylation sites is 1. The van der Waals surface area contributed by atoms with Gasteiger partial charge in [0.15, 0.2) is 0 Å². The Morgan fingerprint density at radius 1 is 0.475 bits per heavy atom. The molecule has 5 aromatic carbocycles. The average molecular weight is 1760 g/mol. The van der Waals surface area contributed by atoms with Crippen LogP contribution in [0, 0.1) is 72.4 Å². The maximum absolute atomic E-state index is 10.7. The topological polar surface area (TPSA) is 211 Å². The standard InChI is InChI=1S/C21H20N2O.C21H19N2O.3C12H10N.CHF3O3S.2CH4O.2Ir/c2*1-12(2)18-10-19(22-11-13(18)3)17-7-5-6-15-16-9-8-14(4)23-21(16)24-20(15)17;3*1-10-7-8-12(13-9-10)11-5-3-2-4-6-11;2-1(3,4)8(5,6)7;2*1-2;;/h5-12H,1-4H3;5-6,8-12H,1-4H3;3*2-5,7-9H,1H3;(H,5,6,7);2*2H,1H3;;/q;4*-1;;;;;/i1D3,3D3,4D3,12D;1D3,4D3,12D;1D3;1D;;;;;;. The summed E-state index contributed by atoms with van der Waals surface area (Å²) >= 11 is 0. The van der Waals surface area contributed by atoms with Crippen LogP contribution >= 0.6 is 0 Å². The number of fused-ring (bicyclic) bond motifs is 6. The molecule has 2 unspecified atom stereocenters. The van der Waals surface area contributed by atoms with Gasteiger partial charge in [-0.05, 0) is 158 Å². The number of pyridine rings is 7. The van der Waals surface area contributed by atoms with Crippen molar-refractivity contribution in [3.63, 3.8) is 0 Å². The zero-order valence-electron chi connectivity index (χ0n) is 75.7. The molecular weight excluding hydrogens is 1660 g/mol. The fraction of sp³-hybridized carbons (Fsp3) is 0.198. The number of alkyl halides is 3. The van der Waals surface area contributed by atoms with Crippen LogP contribution in [-0.4, -0.2) is 77.8 Å². The third-order valence-electron chi connectivity index (χ3n) is 13.8. The van der Waals surface area contributed by atoms with Gasteiger partial charge >= 0.3 is 15.6 Å². The summed E-state index contributed by atoms with van der Waals surface area (Å²) in [7, 11) is -3.84. The second kappa shape index (κ2) is 39.0. The Balaban J connectivity index is 0.000000273. The fourth-order valence-electron chi connectivity index (χ4n) is 9.09. The number of aliphatic hydroxyl groups is 2. The first-order chi connectivity index (χ1) is 55.9. The van der Waals surface area contributed by atoms with E-state index in [0.29, 0.717) is 60.7 Å². The van der Waals surface area contributed by atoms with Gasteiger partial charge in [0.25, 0.3) is 0 Å². The molecule has 0 saturated heterocycles. The molecule has 20 heteroatoms. The van der Waals surface area contributed by atoms with Crippen LogP contribution in [0.25, 0.3) is 100 Å². The van der Waals surface area contributed by atoms with Crippen molar-refractivity contribution in [1.82, 2.24) is 34.9 Å². The minimum absolute atomic E-state index is 0. The van der Waals surface area contributed by atoms with Gasteiger partial charge in [-0.15, -0.1) is 126 Å². The smallest absolute Gasteiger partial charge is 0.486 e. The molecule has 0 bridgehead atoms. The minimum atomic E-state index is -5.84. The van der Waals surface area contributed by atoms with Gasteiger partial charge in [-0.25, -0.2) is 9.97 Å². The van der Waals surface area contributed by atoms with E-state index in [1.807, 2.05) is 98.0 Å². The largest absolute Gasteiger partial charge is 0.522 e. The van der Waals surface area contributed by atoms with Gasteiger partial charge in [-0.1, -0.05) is 93.1 Å². The number of hydrogen-bond donors (Lipinski definition) is 3. The van der Waals surface area contributed by atoms with Crippen molar-refractivity contribution in [1.29, 1.82) is 0 Å². The molecule has 2 atom stereocenters. The van der Waals surface area contributed by atoms with Crippen molar-refractivity contribution in [3.8, 4) is 56.3 Å². The maximum atomic E-state index is 10.7. The molecule has 14 aromatic rings. The van der Waals surface area contributed by atoms with Crippen LogP contribution in [0.15, 0.2) is 216 Å². The van der Waals surface area contributed by atoms with Crippen molar-refractivity contribution in [2.45, 2.75) is 93.0 Å². The SMILES string of the molecule is CO.CO.Cc1ccc(-c2[c-]cccc2)nc1.O=S(=O)(O)C(F)(F)F.[2H]C([2H])([2H])c1ccc(-c2[c-]cccc2)nc1.[2H]C([2H])([2H])c1ccc2c(n1)oc1c(-c3cc(C([2H])(C)C([2H])([2H])[2H])c(C([2H])([2H])[2H])cn3)cccc12.[2H]C([2H])([2H])c1ccc2c(n1)oc1c(-c3cc(C([2H])(C)C([2H])([2H])[2H])c(C)cn3)[c-]ccc12.[2H]Cc1ccc(-c2[c-]cccc2)nc1.[Ir].[Ir]. The first-order valence-electron chi connectivity index (χ1n) is 40.2. The Labute approximate surface area is 645 Å². The van der Waals surface area contributed by atoms with Gasteiger partial charge in [0.1, 0.15) is 5.58 Å². The van der Waals surface area contributed by atoms with Gasteiger partial charge < -0.3 is 39.0 Å². The number of benzene rings is 5. The maximum Gasteiger partial charge on any atom is 0.522 e. The molecule has 3 N–H and O–H groups in total. The van der Waals surface area contributed by atoms with Crippen LogP contribution < -0.4 is 0 Å². The quantitative estimate of drug-likeness (QED) is 0.0770. The van der Waals surface area contributed by atoms with E-state index in [0.717, 1.165) is 66.7 Å². The second-order valence-corrected chi connectivity index (χ2v) is 22.2. The van der Waals surface area contributed by atoms with E-state index in [9.17, 15) is 13.2 Å². The van der Waals surface area contributed by atoms with Crippen LogP contribution in [0.1, 0.15) is 118 Å². The number of rotatable bonds is 7. The average Bonchev–Trinajstić information content (AvgIpc) is 1.49. The molecule has 101 heavy (non-hydrogen) atoms. The number of furan rings is 2. The monoisotopic (exact) mass is 1760 g/mol. The van der Waals surface area contributed by atoms with Crippen molar-refractivity contribution in [2.75, 3.05) is 14.2 Å². The van der Waals surface area contributed by atoms with E-state index in [-0.39, 0.29) is 92.3 Å². The Kier molecular flexibility index (Phi) is 21.4. The molecule has 0 aliphatic rings. The van der Waals surface area contributed by atoms with E-state index in [1.165, 1.54) is 43.1 Å². The molecule has 2 radical (unpaired) electrons. The van der Waals surface area contributed by atoms with Crippen molar-refractivity contribution in [3.05, 3.63) is 282 Å². The number of aromatic nitrogens is 7. The summed E-state index contributed by atoms with van der Waals surface area (Å²) in [6.07, 6.45) is 7.61. The second-order valence-electron chi connectivity index (χ2n) is 20.8. The summed E-state index contributed by atoms with van der Waals surface area (Å²) < 4.78 is 231. The zero-order valence-corrected chi connectivity index (χ0v) is 60.3. The first-order valence-corrected chi connectivity index (χ1v) is 30.9. The van der Waals surface area contributed by atoms with Crippen LogP contribution in [-0.2, 0) is 50.3 Å². The summed E-state index contributed by atoms with van der Waals surface area (Å²) in [5.74, 6) is -4.04. The van der Waals surface area contributed by atoms with Crippen LogP contribution in [0.3, 0.4) is 0 Å². The molecule has 9 heterocycles. The van der Waals surface area contributed by atoms with Crippen LogP contribution in [0.2, 0.25) is 0 Å². The minimum Gasteiger partial charge on any atom is -0.486 e. The molecule has 14 nitrogen and oxygen atoms in total. The predicted octanol–water partition coefficient (Wildman–Crippen LogP) is 19.5. The van der Waals surface area contributed by atoms with E-state index in [1.54, 1.807) is 79.9 Å². The van der Waals surface area contributed by atoms with E-state index in [2.05, 4.69) is 65.2 Å². The van der Waals surface area contributed by atoms with E-state index in [4.69, 9.17) is 60.8 Å². The first kappa shape index (κ1) is 55.4. The normalized spacial score (nSPS) is 15.6. The number of halogens is 3. The number of nitrogens with zero attached hydrogens (tertiary/aromatic N) is 7. The Morgan fingerprint density at radius 3 is 1.38 bits per heavy atom. The van der Waals surface area contributed by atoms with Gasteiger partial charge in [0, 0.05) is 147 Å². The fourth-order valence-corrected chi connectivity index (χ4v) is 9.09. The summed E-state index contributed by atoms with van der Waals surface area (Å²) in [6.45, 7) is -8.31. The molecule has 14 rings (SSSR count). The Hall–Kier alpha value is -9.33. The Morgan fingerprint density at radius 2 is 0.931 bits per heavy atom. The Bertz CT molecular complexity index is 5860. The van der Waals surface area contributed by atoms with Crippen LogP contribution in [0.4, 0.5) is 13.2 Å². The molecule has 9 aromatic heterocycles. The number of aliphatic hydroxyl groups excluding tert-OH is 2. The van der Waals surface area contributed by atoms with E-state index >= 15 is 0 Å².